The van der Waals surface area contributed by atoms with Crippen LogP contribution in [0.4, 0.5) is 50.0 Å². The van der Waals surface area contributed by atoms with E-state index in [0.717, 1.165) is 13.8 Å². The molecule has 1 atom stereocenters. The van der Waals surface area contributed by atoms with Gasteiger partial charge >= 0.3 is 24.6 Å². The van der Waals surface area contributed by atoms with Gasteiger partial charge in [-0.3, -0.25) is 24.3 Å². The molecule has 3 rings (SSSR count). The second-order valence-corrected chi connectivity index (χ2v) is 10.0. The van der Waals surface area contributed by atoms with Crippen molar-refractivity contribution in [1.29, 1.82) is 0 Å². The highest BCUT2D eigenvalue weighted by Crippen LogP contribution is 2.38. The monoisotopic (exact) mass is 666 g/mol. The van der Waals surface area contributed by atoms with Gasteiger partial charge in [0.2, 0.25) is 5.91 Å². The van der Waals surface area contributed by atoms with Crippen LogP contribution in [0.3, 0.4) is 0 Å². The summed E-state index contributed by atoms with van der Waals surface area (Å²) in [4.78, 5) is 54.1. The third kappa shape index (κ3) is 9.07. The summed E-state index contributed by atoms with van der Waals surface area (Å²) in [6, 6.07) is 6.17. The van der Waals surface area contributed by atoms with Gasteiger partial charge in [-0.25, -0.2) is 9.78 Å². The number of ketones is 1. The molecule has 2 aromatic carbocycles. The third-order valence-electron chi connectivity index (χ3n) is 6.19. The lowest BCUT2D eigenvalue weighted by Crippen LogP contribution is -2.51. The van der Waals surface area contributed by atoms with Crippen molar-refractivity contribution in [3.05, 3.63) is 81.8 Å². The number of hydrogen-bond acceptors (Lipinski definition) is 6. The lowest BCUT2D eigenvalue weighted by Gasteiger charge is -2.23. The summed E-state index contributed by atoms with van der Waals surface area (Å²) in [5, 5.41) is 3.77. The van der Waals surface area contributed by atoms with E-state index in [-0.39, 0.29) is 29.4 Å². The maximum absolute atomic E-state index is 13.5. The molecule has 1 unspecified atom stereocenters. The minimum absolute atomic E-state index is 0.201. The Morgan fingerprint density at radius 2 is 1.46 bits per heavy atom. The van der Waals surface area contributed by atoms with Crippen LogP contribution in [0.1, 0.15) is 30.5 Å². The quantitative estimate of drug-likeness (QED) is 0.272. The zero-order valence-electron chi connectivity index (χ0n) is 23.6. The first-order valence-electron chi connectivity index (χ1n) is 13.0. The molecular formula is C28H23F9N4O5. The topological polar surface area (TPSA) is 119 Å². The number of amides is 2. The summed E-state index contributed by atoms with van der Waals surface area (Å²) in [6.45, 7) is 0.673. The van der Waals surface area contributed by atoms with Crippen LogP contribution >= 0.6 is 0 Å². The molecule has 18 heteroatoms. The van der Waals surface area contributed by atoms with E-state index in [2.05, 4.69) is 4.98 Å². The van der Waals surface area contributed by atoms with Crippen LogP contribution in [0, 0.1) is 5.92 Å². The summed E-state index contributed by atoms with van der Waals surface area (Å²) < 4.78 is 126. The standard InChI is InChI=1S/C28H23F9N4O5/c1-14(2)21(22(43)28(35,36)37)40-20(42)12-41-23(16-8-17(26(29,30)31)10-18(9-16)27(32,33)34)38-11-19(24(41)44)39-25(45)46-13-15-6-4-3-5-7-15/h3-11,14,21H,12-13H2,1-2H3,(H,39,45)(H,40,42). The number of alkyl halides is 9. The predicted octanol–water partition coefficient (Wildman–Crippen LogP) is 5.97. The minimum atomic E-state index is -5.39. The minimum Gasteiger partial charge on any atom is -0.444 e. The lowest BCUT2D eigenvalue weighted by atomic mass is 9.99. The molecule has 1 aromatic heterocycles. The molecule has 0 spiro atoms. The summed E-state index contributed by atoms with van der Waals surface area (Å²) >= 11 is 0. The van der Waals surface area contributed by atoms with Crippen LogP contribution in [-0.2, 0) is 39.8 Å². The van der Waals surface area contributed by atoms with Gasteiger partial charge in [0, 0.05) is 5.56 Å². The van der Waals surface area contributed by atoms with E-state index < -0.39 is 88.6 Å². The zero-order valence-corrected chi connectivity index (χ0v) is 23.6. The van der Waals surface area contributed by atoms with Crippen molar-refractivity contribution < 1.29 is 58.6 Å². The second-order valence-electron chi connectivity index (χ2n) is 10.0. The first kappa shape index (κ1) is 35.6. The number of aromatic nitrogens is 2. The van der Waals surface area contributed by atoms with Gasteiger partial charge in [-0.05, 0) is 29.7 Å². The van der Waals surface area contributed by atoms with Crippen molar-refractivity contribution in [2.75, 3.05) is 5.32 Å². The number of carbonyl (C=O) groups is 3. The number of carbonyl (C=O) groups excluding carboxylic acids is 3. The number of ether oxygens (including phenoxy) is 1. The van der Waals surface area contributed by atoms with Gasteiger partial charge in [-0.15, -0.1) is 0 Å². The summed E-state index contributed by atoms with van der Waals surface area (Å²) in [6.07, 6.45) is -16.7. The van der Waals surface area contributed by atoms with E-state index in [9.17, 15) is 58.7 Å². The van der Waals surface area contributed by atoms with Crippen LogP contribution in [-0.4, -0.2) is 39.6 Å². The highest BCUT2D eigenvalue weighted by atomic mass is 19.4. The SMILES string of the molecule is CC(C)C(NC(=O)Cn1c(-c2cc(C(F)(F)F)cc(C(F)(F)F)c2)ncc(NC(=O)OCc2ccccc2)c1=O)C(=O)C(F)(F)F. The molecule has 9 nitrogen and oxygen atoms in total. The number of Topliss-reactive ketones (excluding diaryl/α,β-unsaturated/α-hetero) is 1. The Balaban J connectivity index is 2.10. The largest absolute Gasteiger partial charge is 0.452 e. The smallest absolute Gasteiger partial charge is 0.444 e. The van der Waals surface area contributed by atoms with Gasteiger partial charge in [0.25, 0.3) is 11.3 Å². The fourth-order valence-electron chi connectivity index (χ4n) is 3.98. The Hall–Kier alpha value is -4.90. The Kier molecular flexibility index (Phi) is 10.5. The average Bonchev–Trinajstić information content (AvgIpc) is 2.95. The Morgan fingerprint density at radius 1 is 0.891 bits per heavy atom. The van der Waals surface area contributed by atoms with Gasteiger partial charge in [0.1, 0.15) is 24.7 Å². The molecule has 46 heavy (non-hydrogen) atoms. The molecule has 0 saturated carbocycles. The zero-order chi connectivity index (χ0) is 34.6. The highest BCUT2D eigenvalue weighted by molar-refractivity contribution is 5.93. The van der Waals surface area contributed by atoms with Gasteiger partial charge in [0.15, 0.2) is 0 Å². The fraction of sp³-hybridized carbons (Fsp3) is 0.321. The number of nitrogens with zero attached hydrogens (tertiary/aromatic N) is 2. The molecule has 2 N–H and O–H groups in total. The average molecular weight is 666 g/mol. The molecule has 0 aliphatic carbocycles. The maximum atomic E-state index is 13.5. The summed E-state index contributed by atoms with van der Waals surface area (Å²) in [5.41, 5.74) is -6.21. The molecule has 2 amide bonds. The van der Waals surface area contributed by atoms with Crippen LogP contribution in [0.15, 0.2) is 59.5 Å². The maximum Gasteiger partial charge on any atom is 0.452 e. The van der Waals surface area contributed by atoms with Crippen molar-refractivity contribution in [1.82, 2.24) is 14.9 Å². The Morgan fingerprint density at radius 3 is 1.96 bits per heavy atom. The molecule has 3 aromatic rings. The normalized spacial score (nSPS) is 12.9. The predicted molar refractivity (Wildman–Crippen MR) is 142 cm³/mol. The van der Waals surface area contributed by atoms with Crippen molar-refractivity contribution in [3.63, 3.8) is 0 Å². The van der Waals surface area contributed by atoms with Crippen LogP contribution < -0.4 is 16.2 Å². The first-order chi connectivity index (χ1) is 21.2. The van der Waals surface area contributed by atoms with Gasteiger partial charge < -0.3 is 10.1 Å². The number of anilines is 1. The molecule has 0 fully saturated rings. The molecule has 0 aliphatic rings. The molecule has 0 bridgehead atoms. The van der Waals surface area contributed by atoms with Gasteiger partial charge in [0.05, 0.1) is 23.4 Å². The molecule has 0 radical (unpaired) electrons. The summed E-state index contributed by atoms with van der Waals surface area (Å²) in [5.74, 6) is -5.92. The molecule has 0 aliphatic heterocycles. The van der Waals surface area contributed by atoms with E-state index in [1.807, 2.05) is 5.32 Å². The lowest BCUT2D eigenvalue weighted by molar-refractivity contribution is -0.174. The van der Waals surface area contributed by atoms with E-state index in [1.54, 1.807) is 35.6 Å². The van der Waals surface area contributed by atoms with Crippen molar-refractivity contribution >= 4 is 23.5 Å². The van der Waals surface area contributed by atoms with Crippen LogP contribution in [0.5, 0.6) is 0 Å². The van der Waals surface area contributed by atoms with E-state index in [0.29, 0.717) is 11.8 Å². The van der Waals surface area contributed by atoms with E-state index in [1.165, 1.54) is 0 Å². The van der Waals surface area contributed by atoms with Crippen molar-refractivity contribution in [2.24, 2.45) is 5.92 Å². The Labute approximate surface area is 253 Å². The fourth-order valence-corrected chi connectivity index (χ4v) is 3.98. The number of benzene rings is 2. The molecule has 0 saturated heterocycles. The number of rotatable bonds is 9. The van der Waals surface area contributed by atoms with Gasteiger partial charge in [-0.2, -0.15) is 39.5 Å². The first-order valence-corrected chi connectivity index (χ1v) is 13.0. The highest BCUT2D eigenvalue weighted by Gasteiger charge is 2.45. The molecule has 248 valence electrons. The number of halogens is 9. The van der Waals surface area contributed by atoms with Crippen molar-refractivity contribution in [3.8, 4) is 11.4 Å². The molecular weight excluding hydrogens is 643 g/mol. The third-order valence-corrected chi connectivity index (χ3v) is 6.19. The number of nitrogens with one attached hydrogen (secondary N) is 2. The summed E-state index contributed by atoms with van der Waals surface area (Å²) in [7, 11) is 0. The van der Waals surface area contributed by atoms with Crippen LogP contribution in [0.2, 0.25) is 0 Å². The molecule has 1 heterocycles. The van der Waals surface area contributed by atoms with E-state index in [4.69, 9.17) is 4.74 Å². The Bertz CT molecular complexity index is 1620. The van der Waals surface area contributed by atoms with Crippen molar-refractivity contribution in [2.45, 2.75) is 51.6 Å². The van der Waals surface area contributed by atoms with Crippen LogP contribution in [0.25, 0.3) is 11.4 Å². The second kappa shape index (κ2) is 13.6. The number of hydrogen-bond donors (Lipinski definition) is 2. The van der Waals surface area contributed by atoms with Gasteiger partial charge in [-0.1, -0.05) is 44.2 Å². The van der Waals surface area contributed by atoms with E-state index >= 15 is 0 Å².